The van der Waals surface area contributed by atoms with Crippen LogP contribution >= 0.6 is 0 Å². The maximum Gasteiger partial charge on any atom is 0.229 e. The molecule has 5 rings (SSSR count). The van der Waals surface area contributed by atoms with Gasteiger partial charge in [-0.05, 0) is 42.5 Å². The summed E-state index contributed by atoms with van der Waals surface area (Å²) in [6, 6.07) is 13.5. The van der Waals surface area contributed by atoms with Crippen molar-refractivity contribution in [1.82, 2.24) is 19.9 Å². The fourth-order valence-electron chi connectivity index (χ4n) is 3.64. The van der Waals surface area contributed by atoms with Crippen LogP contribution in [-0.2, 0) is 4.74 Å². The van der Waals surface area contributed by atoms with Gasteiger partial charge in [0.05, 0.1) is 30.4 Å². The first kappa shape index (κ1) is 21.0. The van der Waals surface area contributed by atoms with E-state index < -0.39 is 5.82 Å². The van der Waals surface area contributed by atoms with Crippen molar-refractivity contribution in [3.8, 4) is 0 Å². The van der Waals surface area contributed by atoms with Crippen molar-refractivity contribution in [3.05, 3.63) is 54.5 Å². The number of anilines is 6. The number of H-pyrrole nitrogens is 1. The van der Waals surface area contributed by atoms with Gasteiger partial charge in [-0.2, -0.15) is 4.98 Å². The summed E-state index contributed by atoms with van der Waals surface area (Å²) < 4.78 is 19.8. The van der Waals surface area contributed by atoms with Crippen LogP contribution in [0.2, 0.25) is 0 Å². The molecule has 10 heteroatoms. The number of aromatic amines is 1. The number of nitrogens with zero attached hydrogens (tertiary/aromatic N) is 5. The molecule has 2 aromatic carbocycles. The first-order valence-electron chi connectivity index (χ1n) is 10.7. The van der Waals surface area contributed by atoms with E-state index in [1.54, 1.807) is 0 Å². The van der Waals surface area contributed by atoms with Crippen molar-refractivity contribution >= 4 is 45.8 Å². The molecule has 1 aliphatic heterocycles. The normalized spacial score (nSPS) is 13.8. The summed E-state index contributed by atoms with van der Waals surface area (Å²) in [6.45, 7) is 3.18. The number of halogens is 1. The predicted molar refractivity (Wildman–Crippen MR) is 128 cm³/mol. The Kier molecular flexibility index (Phi) is 5.66. The van der Waals surface area contributed by atoms with E-state index in [1.165, 1.54) is 0 Å². The number of fused-ring (bicyclic) bond motifs is 1. The van der Waals surface area contributed by atoms with E-state index in [2.05, 4.69) is 35.5 Å². The number of imidazole rings is 1. The van der Waals surface area contributed by atoms with Crippen LogP contribution in [0.25, 0.3) is 11.0 Å². The topological polar surface area (TPSA) is 94.2 Å². The van der Waals surface area contributed by atoms with Gasteiger partial charge in [0.25, 0.3) is 0 Å². The Morgan fingerprint density at radius 2 is 1.76 bits per heavy atom. The maximum atomic E-state index is 14.4. The Morgan fingerprint density at radius 1 is 1.00 bits per heavy atom. The second-order valence-corrected chi connectivity index (χ2v) is 7.97. The summed E-state index contributed by atoms with van der Waals surface area (Å²) in [5, 5.41) is 6.17. The highest BCUT2D eigenvalue weighted by Crippen LogP contribution is 2.25. The lowest BCUT2D eigenvalue weighted by molar-refractivity contribution is 0.122. The zero-order valence-electron chi connectivity index (χ0n) is 18.5. The second-order valence-electron chi connectivity index (χ2n) is 7.97. The third kappa shape index (κ3) is 4.65. The third-order valence-electron chi connectivity index (χ3n) is 5.40. The number of benzene rings is 2. The lowest BCUT2D eigenvalue weighted by atomic mass is 10.2. The van der Waals surface area contributed by atoms with Crippen molar-refractivity contribution in [2.75, 3.05) is 60.8 Å². The fourth-order valence-corrected chi connectivity index (χ4v) is 3.64. The molecule has 0 radical (unpaired) electrons. The number of ether oxygens (including phenoxy) is 1. The van der Waals surface area contributed by atoms with Crippen molar-refractivity contribution < 1.29 is 9.13 Å². The highest BCUT2D eigenvalue weighted by atomic mass is 19.1. The van der Waals surface area contributed by atoms with Gasteiger partial charge in [-0.1, -0.05) is 0 Å². The van der Waals surface area contributed by atoms with E-state index in [4.69, 9.17) is 4.74 Å². The van der Waals surface area contributed by atoms with Gasteiger partial charge < -0.3 is 30.2 Å². The summed E-state index contributed by atoms with van der Waals surface area (Å²) in [4.78, 5) is 20.3. The zero-order valence-corrected chi connectivity index (χ0v) is 18.5. The number of nitrogens with one attached hydrogen (secondary N) is 3. The van der Waals surface area contributed by atoms with Gasteiger partial charge in [0.2, 0.25) is 11.9 Å². The van der Waals surface area contributed by atoms with Gasteiger partial charge in [0, 0.05) is 44.2 Å². The molecule has 2 aromatic heterocycles. The Balaban J connectivity index is 1.31. The highest BCUT2D eigenvalue weighted by Gasteiger charge is 2.12. The Labute approximate surface area is 190 Å². The molecule has 0 amide bonds. The molecule has 0 aliphatic carbocycles. The Bertz CT molecular complexity index is 1250. The summed E-state index contributed by atoms with van der Waals surface area (Å²) in [5.74, 6) is 0.628. The highest BCUT2D eigenvalue weighted by molar-refractivity contribution is 5.82. The number of hydrogen-bond donors (Lipinski definition) is 3. The quantitative estimate of drug-likeness (QED) is 0.409. The van der Waals surface area contributed by atoms with Crippen LogP contribution in [0.5, 0.6) is 0 Å². The van der Waals surface area contributed by atoms with Crippen LogP contribution < -0.4 is 20.4 Å². The Hall–Kier alpha value is -3.92. The maximum absolute atomic E-state index is 14.4. The summed E-state index contributed by atoms with van der Waals surface area (Å²) >= 11 is 0. The molecule has 1 aliphatic rings. The first-order chi connectivity index (χ1) is 16.0. The van der Waals surface area contributed by atoms with E-state index in [1.807, 2.05) is 61.5 Å². The largest absolute Gasteiger partial charge is 0.378 e. The van der Waals surface area contributed by atoms with Crippen molar-refractivity contribution in [3.63, 3.8) is 0 Å². The number of rotatable bonds is 6. The first-order valence-corrected chi connectivity index (χ1v) is 10.7. The predicted octanol–water partition coefficient (Wildman–Crippen LogP) is 3.88. The molecule has 0 unspecified atom stereocenters. The van der Waals surface area contributed by atoms with Gasteiger partial charge >= 0.3 is 0 Å². The minimum Gasteiger partial charge on any atom is -0.378 e. The molecule has 0 spiro atoms. The molecule has 1 fully saturated rings. The molecular formula is C23H25FN8O. The monoisotopic (exact) mass is 448 g/mol. The standard InChI is InChI=1S/C23H25FN8O/c1-31(2)23-28-19-8-5-16(13-20(19)29-23)27-22-25-14-18(24)21(30-22)26-15-3-6-17(7-4-15)32-9-11-33-12-10-32/h3-8,13-14H,9-12H2,1-2H3,(H,28,29)(H2,25,26,27,30). The number of hydrogen-bond acceptors (Lipinski definition) is 8. The molecule has 9 nitrogen and oxygen atoms in total. The van der Waals surface area contributed by atoms with Gasteiger partial charge in [-0.15, -0.1) is 0 Å². The van der Waals surface area contributed by atoms with E-state index in [0.29, 0.717) is 0 Å². The van der Waals surface area contributed by atoms with Crippen molar-refractivity contribution in [2.45, 2.75) is 0 Å². The average molecular weight is 449 g/mol. The Morgan fingerprint density at radius 3 is 2.52 bits per heavy atom. The van der Waals surface area contributed by atoms with Gasteiger partial charge in [-0.3, -0.25) is 0 Å². The van der Waals surface area contributed by atoms with Gasteiger partial charge in [0.1, 0.15) is 0 Å². The van der Waals surface area contributed by atoms with Gasteiger partial charge in [-0.25, -0.2) is 14.4 Å². The SMILES string of the molecule is CN(C)c1nc2ccc(Nc3ncc(F)c(Nc4ccc(N5CCOCC5)cc4)n3)cc2[nH]1. The minimum atomic E-state index is -0.530. The minimum absolute atomic E-state index is 0.101. The van der Waals surface area contributed by atoms with Crippen LogP contribution in [0.15, 0.2) is 48.7 Å². The molecule has 4 aromatic rings. The summed E-state index contributed by atoms with van der Waals surface area (Å²) in [6.07, 6.45) is 1.15. The van der Waals surface area contributed by atoms with Crippen LogP contribution in [0.3, 0.4) is 0 Å². The van der Waals surface area contributed by atoms with Crippen LogP contribution in [0.4, 0.5) is 39.2 Å². The molecule has 0 atom stereocenters. The molecular weight excluding hydrogens is 423 g/mol. The van der Waals surface area contributed by atoms with E-state index in [-0.39, 0.29) is 11.8 Å². The zero-order chi connectivity index (χ0) is 22.8. The van der Waals surface area contributed by atoms with Gasteiger partial charge in [0.15, 0.2) is 11.6 Å². The molecule has 1 saturated heterocycles. The number of aromatic nitrogens is 4. The van der Waals surface area contributed by atoms with Crippen LogP contribution in [0, 0.1) is 5.82 Å². The average Bonchev–Trinajstić information content (AvgIpc) is 3.26. The van der Waals surface area contributed by atoms with Crippen LogP contribution in [0.1, 0.15) is 0 Å². The molecule has 0 bridgehead atoms. The van der Waals surface area contributed by atoms with Crippen molar-refractivity contribution in [2.24, 2.45) is 0 Å². The summed E-state index contributed by atoms with van der Waals surface area (Å²) in [5.41, 5.74) is 4.35. The lowest BCUT2D eigenvalue weighted by Gasteiger charge is -2.28. The molecule has 170 valence electrons. The molecule has 3 heterocycles. The van der Waals surface area contributed by atoms with Crippen LogP contribution in [-0.4, -0.2) is 60.3 Å². The third-order valence-corrected chi connectivity index (χ3v) is 5.40. The smallest absolute Gasteiger partial charge is 0.229 e. The van der Waals surface area contributed by atoms with E-state index >= 15 is 0 Å². The molecule has 33 heavy (non-hydrogen) atoms. The fraction of sp³-hybridized carbons (Fsp3) is 0.261. The second kappa shape index (κ2) is 8.91. The molecule has 3 N–H and O–H groups in total. The number of morpholine rings is 1. The summed E-state index contributed by atoms with van der Waals surface area (Å²) in [7, 11) is 3.85. The molecule has 0 saturated carbocycles. The van der Waals surface area contributed by atoms with E-state index in [0.717, 1.165) is 66.5 Å². The lowest BCUT2D eigenvalue weighted by Crippen LogP contribution is -2.36. The van der Waals surface area contributed by atoms with E-state index in [9.17, 15) is 4.39 Å². The van der Waals surface area contributed by atoms with Crippen molar-refractivity contribution in [1.29, 1.82) is 0 Å².